The summed E-state index contributed by atoms with van der Waals surface area (Å²) in [5.74, 6) is -1.68. The van der Waals surface area contributed by atoms with Crippen molar-refractivity contribution in [2.75, 3.05) is 13.1 Å². The van der Waals surface area contributed by atoms with E-state index in [1.165, 1.54) is 12.1 Å². The average molecular weight is 483 g/mol. The summed E-state index contributed by atoms with van der Waals surface area (Å²) in [4.78, 5) is 1.89. The molecule has 1 fully saturated rings. The highest BCUT2D eigenvalue weighted by atomic mass is 35.5. The number of benzene rings is 2. The second kappa shape index (κ2) is 9.26. The Bertz CT molecular complexity index is 1130. The van der Waals surface area contributed by atoms with Crippen molar-refractivity contribution in [1.29, 1.82) is 5.26 Å². The zero-order valence-corrected chi connectivity index (χ0v) is 20.4. The number of nitrogens with zero attached hydrogens (tertiary/aromatic N) is 2. The minimum Gasteiger partial charge on any atom is -0.390 e. The van der Waals surface area contributed by atoms with Gasteiger partial charge in [0.25, 0.3) is 0 Å². The second-order valence-electron chi connectivity index (χ2n) is 10.2. The van der Waals surface area contributed by atoms with Gasteiger partial charge < -0.3 is 5.11 Å². The number of likely N-dealkylation sites (tertiary alicyclic amines) is 1. The van der Waals surface area contributed by atoms with Crippen molar-refractivity contribution < 1.29 is 13.9 Å². The van der Waals surface area contributed by atoms with Gasteiger partial charge in [0.2, 0.25) is 0 Å². The van der Waals surface area contributed by atoms with Gasteiger partial charge in [-0.3, -0.25) is 4.90 Å². The standard InChI is InChI=1S/C28H29ClF2N2O/c1-27(2,34)25(21-12-23(30)14-24(31)13-21)22-16-33(17-22)26(19-6-4-18(15-32)5-7-19)20-8-10-28(3,29)11-9-20/h4-10,12-14,22,25-26,34H,11,16-17H2,1-3H3. The van der Waals surface area contributed by atoms with Crippen molar-refractivity contribution in [3.8, 4) is 6.07 Å². The molecule has 1 aliphatic carbocycles. The highest BCUT2D eigenvalue weighted by Crippen LogP contribution is 2.45. The fraction of sp³-hybridized carbons (Fsp3) is 0.393. The maximum Gasteiger partial charge on any atom is 0.126 e. The van der Waals surface area contributed by atoms with Crippen molar-refractivity contribution in [2.24, 2.45) is 5.92 Å². The third kappa shape index (κ3) is 5.25. The van der Waals surface area contributed by atoms with E-state index in [1.807, 2.05) is 37.3 Å². The molecule has 0 amide bonds. The smallest absolute Gasteiger partial charge is 0.126 e. The molecule has 1 aliphatic heterocycles. The Labute approximate surface area is 205 Å². The molecule has 2 aromatic rings. The fourth-order valence-corrected chi connectivity index (χ4v) is 5.40. The van der Waals surface area contributed by atoms with Crippen LogP contribution in [-0.4, -0.2) is 33.6 Å². The third-order valence-electron chi connectivity index (χ3n) is 6.81. The van der Waals surface area contributed by atoms with Crippen molar-refractivity contribution in [2.45, 2.75) is 49.6 Å². The summed E-state index contributed by atoms with van der Waals surface area (Å²) in [6.07, 6.45) is 6.92. The van der Waals surface area contributed by atoms with Crippen LogP contribution in [0.4, 0.5) is 8.78 Å². The maximum absolute atomic E-state index is 14.0. The van der Waals surface area contributed by atoms with E-state index < -0.39 is 28.0 Å². The Hall–Kier alpha value is -2.52. The van der Waals surface area contributed by atoms with Gasteiger partial charge in [-0.2, -0.15) is 5.26 Å². The summed E-state index contributed by atoms with van der Waals surface area (Å²) >= 11 is 6.49. The third-order valence-corrected chi connectivity index (χ3v) is 7.09. The van der Waals surface area contributed by atoms with Gasteiger partial charge in [-0.1, -0.05) is 30.4 Å². The first-order valence-corrected chi connectivity index (χ1v) is 11.9. The molecule has 0 bridgehead atoms. The molecule has 3 unspecified atom stereocenters. The Balaban J connectivity index is 1.62. The predicted molar refractivity (Wildman–Crippen MR) is 130 cm³/mol. The Kier molecular flexibility index (Phi) is 6.70. The fourth-order valence-electron chi connectivity index (χ4n) is 5.26. The van der Waals surface area contributed by atoms with E-state index >= 15 is 0 Å². The van der Waals surface area contributed by atoms with E-state index in [1.54, 1.807) is 13.8 Å². The van der Waals surface area contributed by atoms with Crippen LogP contribution in [0.3, 0.4) is 0 Å². The molecule has 2 aliphatic rings. The molecule has 3 atom stereocenters. The van der Waals surface area contributed by atoms with E-state index in [4.69, 9.17) is 11.6 Å². The SMILES string of the molecule is CC1(Cl)C=CC(C(c2ccc(C#N)cc2)N2CC(C(c3cc(F)cc(F)c3)C(C)(C)O)C2)=CC1. The van der Waals surface area contributed by atoms with Gasteiger partial charge in [0.1, 0.15) is 11.6 Å². The van der Waals surface area contributed by atoms with E-state index in [0.717, 1.165) is 17.2 Å². The largest absolute Gasteiger partial charge is 0.390 e. The lowest BCUT2D eigenvalue weighted by Crippen LogP contribution is -2.54. The van der Waals surface area contributed by atoms with Gasteiger partial charge in [-0.15, -0.1) is 11.6 Å². The summed E-state index contributed by atoms with van der Waals surface area (Å²) in [6.45, 7) is 6.66. The van der Waals surface area contributed by atoms with Gasteiger partial charge in [0, 0.05) is 25.1 Å². The Morgan fingerprint density at radius 2 is 1.74 bits per heavy atom. The van der Waals surface area contributed by atoms with Crippen LogP contribution in [0.5, 0.6) is 0 Å². The van der Waals surface area contributed by atoms with Gasteiger partial charge in [0.05, 0.1) is 28.1 Å². The molecular formula is C28H29ClF2N2O. The quantitative estimate of drug-likeness (QED) is 0.495. The summed E-state index contributed by atoms with van der Waals surface area (Å²) in [7, 11) is 0. The molecule has 6 heteroatoms. The zero-order valence-electron chi connectivity index (χ0n) is 19.6. The first-order valence-electron chi connectivity index (χ1n) is 11.5. The molecule has 1 saturated heterocycles. The van der Waals surface area contributed by atoms with Crippen LogP contribution in [0.15, 0.2) is 66.3 Å². The molecular weight excluding hydrogens is 454 g/mol. The minimum atomic E-state index is -1.15. The maximum atomic E-state index is 14.0. The molecule has 34 heavy (non-hydrogen) atoms. The normalized spacial score (nSPS) is 23.1. The number of allylic oxidation sites excluding steroid dienone is 2. The first-order chi connectivity index (χ1) is 16.0. The average Bonchev–Trinajstić information content (AvgIpc) is 2.71. The molecule has 0 saturated carbocycles. The second-order valence-corrected chi connectivity index (χ2v) is 11.1. The van der Waals surface area contributed by atoms with E-state index in [2.05, 4.69) is 23.1 Å². The number of rotatable bonds is 6. The first kappa shape index (κ1) is 24.6. The number of aliphatic hydroxyl groups is 1. The zero-order chi connectivity index (χ0) is 24.7. The lowest BCUT2D eigenvalue weighted by Gasteiger charge is -2.51. The summed E-state index contributed by atoms with van der Waals surface area (Å²) in [6, 6.07) is 13.2. The topological polar surface area (TPSA) is 47.3 Å². The molecule has 0 spiro atoms. The van der Waals surface area contributed by atoms with E-state index in [-0.39, 0.29) is 12.0 Å². The number of nitriles is 1. The molecule has 1 N–H and O–H groups in total. The minimum absolute atomic E-state index is 0.0218. The van der Waals surface area contributed by atoms with Gasteiger partial charge in [-0.25, -0.2) is 8.78 Å². The monoisotopic (exact) mass is 482 g/mol. The van der Waals surface area contributed by atoms with E-state index in [0.29, 0.717) is 30.6 Å². The molecule has 2 aromatic carbocycles. The van der Waals surface area contributed by atoms with Crippen molar-refractivity contribution in [1.82, 2.24) is 4.90 Å². The van der Waals surface area contributed by atoms with Crippen LogP contribution in [0, 0.1) is 28.9 Å². The molecule has 3 nitrogen and oxygen atoms in total. The van der Waals surface area contributed by atoms with Crippen molar-refractivity contribution >= 4 is 11.6 Å². The molecule has 1 heterocycles. The van der Waals surface area contributed by atoms with Crippen LogP contribution < -0.4 is 0 Å². The summed E-state index contributed by atoms with van der Waals surface area (Å²) in [5, 5.41) is 20.1. The van der Waals surface area contributed by atoms with E-state index in [9.17, 15) is 19.1 Å². The molecule has 4 rings (SSSR count). The van der Waals surface area contributed by atoms with Crippen LogP contribution >= 0.6 is 11.6 Å². The van der Waals surface area contributed by atoms with Crippen molar-refractivity contribution in [3.05, 3.63) is 94.6 Å². The van der Waals surface area contributed by atoms with Crippen molar-refractivity contribution in [3.63, 3.8) is 0 Å². The molecule has 0 aromatic heterocycles. The lowest BCUT2D eigenvalue weighted by molar-refractivity contribution is -0.0311. The predicted octanol–water partition coefficient (Wildman–Crippen LogP) is 6.25. The van der Waals surface area contributed by atoms with Gasteiger partial charge in [0.15, 0.2) is 0 Å². The summed E-state index contributed by atoms with van der Waals surface area (Å²) < 4.78 is 27.9. The number of halogens is 3. The van der Waals surface area contributed by atoms with Gasteiger partial charge >= 0.3 is 0 Å². The lowest BCUT2D eigenvalue weighted by atomic mass is 9.71. The highest BCUT2D eigenvalue weighted by molar-refractivity contribution is 6.25. The van der Waals surface area contributed by atoms with Gasteiger partial charge in [-0.05, 0) is 74.1 Å². The van der Waals surface area contributed by atoms with Crippen LogP contribution in [0.1, 0.15) is 55.8 Å². The number of alkyl halides is 1. The Morgan fingerprint density at radius 3 is 2.24 bits per heavy atom. The molecule has 0 radical (unpaired) electrons. The van der Waals surface area contributed by atoms with Crippen LogP contribution in [0.2, 0.25) is 0 Å². The molecule has 178 valence electrons. The van der Waals surface area contributed by atoms with Crippen LogP contribution in [0.25, 0.3) is 0 Å². The number of hydrogen-bond donors (Lipinski definition) is 1. The number of hydrogen-bond acceptors (Lipinski definition) is 3. The Morgan fingerprint density at radius 1 is 1.12 bits per heavy atom. The van der Waals surface area contributed by atoms with Crippen LogP contribution in [-0.2, 0) is 0 Å². The highest BCUT2D eigenvalue weighted by Gasteiger charge is 2.44. The summed E-state index contributed by atoms with van der Waals surface area (Å²) in [5.41, 5.74) is 2.10.